The molecule has 0 bridgehead atoms. The van der Waals surface area contributed by atoms with Crippen LogP contribution in [0.3, 0.4) is 0 Å². The number of hydrogen-bond donors (Lipinski definition) is 1. The topological polar surface area (TPSA) is 73.9 Å². The van der Waals surface area contributed by atoms with Gasteiger partial charge in [-0.15, -0.1) is 0 Å². The third-order valence-corrected chi connectivity index (χ3v) is 3.69. The lowest BCUT2D eigenvalue weighted by Crippen LogP contribution is -2.36. The number of nitrogens with one attached hydrogen (secondary N) is 1. The van der Waals surface area contributed by atoms with E-state index in [9.17, 15) is 9.59 Å². The summed E-state index contributed by atoms with van der Waals surface area (Å²) in [5.41, 5.74) is 0.905. The Morgan fingerprint density at radius 1 is 1.12 bits per heavy atom. The normalized spacial score (nSPS) is 11.3. The van der Waals surface area contributed by atoms with E-state index in [-0.39, 0.29) is 6.61 Å². The molecule has 2 rings (SSSR count). The van der Waals surface area contributed by atoms with Crippen molar-refractivity contribution in [2.24, 2.45) is 0 Å². The predicted octanol–water partition coefficient (Wildman–Crippen LogP) is 2.98. The van der Waals surface area contributed by atoms with Crippen LogP contribution in [0.5, 0.6) is 11.5 Å². The van der Waals surface area contributed by atoms with Crippen molar-refractivity contribution >= 4 is 23.5 Å². The molecule has 0 aliphatic carbocycles. The smallest absolute Gasteiger partial charge is 0.344 e. The van der Waals surface area contributed by atoms with Gasteiger partial charge in [-0.3, -0.25) is 4.79 Å². The molecule has 0 aromatic heterocycles. The lowest BCUT2D eigenvalue weighted by atomic mass is 10.2. The van der Waals surface area contributed by atoms with E-state index in [2.05, 4.69) is 5.32 Å². The van der Waals surface area contributed by atoms with Crippen LogP contribution < -0.4 is 14.8 Å². The molecule has 0 saturated heterocycles. The van der Waals surface area contributed by atoms with Crippen molar-refractivity contribution in [2.45, 2.75) is 19.6 Å². The van der Waals surface area contributed by atoms with E-state index in [1.54, 1.807) is 43.5 Å². The van der Waals surface area contributed by atoms with E-state index in [0.717, 1.165) is 11.3 Å². The first kappa shape index (κ1) is 19.6. The predicted molar refractivity (Wildman–Crippen MR) is 97.3 cm³/mol. The highest BCUT2D eigenvalue weighted by Gasteiger charge is 2.18. The lowest BCUT2D eigenvalue weighted by Gasteiger charge is -2.14. The number of carbonyl (C=O) groups is 2. The summed E-state index contributed by atoms with van der Waals surface area (Å²) in [6, 6.07) is 13.9. The highest BCUT2D eigenvalue weighted by atomic mass is 35.5. The summed E-state index contributed by atoms with van der Waals surface area (Å²) in [4.78, 5) is 23.8. The molecule has 0 aliphatic rings. The van der Waals surface area contributed by atoms with Crippen LogP contribution in [0.25, 0.3) is 0 Å². The van der Waals surface area contributed by atoms with E-state index in [1.165, 1.54) is 6.92 Å². The Labute approximate surface area is 157 Å². The Morgan fingerprint density at radius 2 is 1.85 bits per heavy atom. The summed E-state index contributed by atoms with van der Waals surface area (Å²) in [6.07, 6.45) is -0.927. The van der Waals surface area contributed by atoms with Crippen molar-refractivity contribution in [3.63, 3.8) is 0 Å². The van der Waals surface area contributed by atoms with Crippen LogP contribution in [-0.4, -0.2) is 31.7 Å². The number of halogens is 1. The van der Waals surface area contributed by atoms with Crippen LogP contribution in [0.15, 0.2) is 48.5 Å². The zero-order valence-corrected chi connectivity index (χ0v) is 15.3. The monoisotopic (exact) mass is 377 g/mol. The van der Waals surface area contributed by atoms with Gasteiger partial charge in [0, 0.05) is 11.6 Å². The molecule has 1 atom stereocenters. The molecular weight excluding hydrogens is 358 g/mol. The van der Waals surface area contributed by atoms with E-state index < -0.39 is 18.0 Å². The molecule has 0 radical (unpaired) electrons. The molecule has 1 N–H and O–H groups in total. The third kappa shape index (κ3) is 6.29. The van der Waals surface area contributed by atoms with Gasteiger partial charge in [0.25, 0.3) is 5.91 Å². The molecule has 0 fully saturated rings. The van der Waals surface area contributed by atoms with Gasteiger partial charge in [0.1, 0.15) is 11.5 Å². The average Bonchev–Trinajstić information content (AvgIpc) is 2.65. The van der Waals surface area contributed by atoms with E-state index in [1.807, 2.05) is 12.1 Å². The number of carbonyl (C=O) groups excluding carboxylic acids is 2. The molecule has 6 nitrogen and oxygen atoms in total. The Morgan fingerprint density at radius 3 is 2.50 bits per heavy atom. The summed E-state index contributed by atoms with van der Waals surface area (Å²) in [5.74, 6) is 0.155. The molecule has 2 aromatic rings. The molecule has 0 aliphatic heterocycles. The highest BCUT2D eigenvalue weighted by molar-refractivity contribution is 6.30. The molecule has 1 unspecified atom stereocenters. The summed E-state index contributed by atoms with van der Waals surface area (Å²) in [7, 11) is 1.59. The van der Waals surface area contributed by atoms with E-state index >= 15 is 0 Å². The molecule has 1 amide bonds. The van der Waals surface area contributed by atoms with Gasteiger partial charge in [-0.2, -0.15) is 0 Å². The number of esters is 1. The fourth-order valence-corrected chi connectivity index (χ4v) is 2.24. The molecule has 0 saturated carbocycles. The van der Waals surface area contributed by atoms with E-state index in [0.29, 0.717) is 17.3 Å². The molecule has 0 spiro atoms. The van der Waals surface area contributed by atoms with Crippen LogP contribution in [0, 0.1) is 0 Å². The zero-order chi connectivity index (χ0) is 18.9. The second-order valence-electron chi connectivity index (χ2n) is 5.44. The molecule has 138 valence electrons. The maximum absolute atomic E-state index is 12.0. The maximum Gasteiger partial charge on any atom is 0.344 e. The minimum atomic E-state index is -0.927. The van der Waals surface area contributed by atoms with Crippen LogP contribution >= 0.6 is 11.6 Å². The lowest BCUT2D eigenvalue weighted by molar-refractivity contribution is -0.156. The molecule has 26 heavy (non-hydrogen) atoms. The summed E-state index contributed by atoms with van der Waals surface area (Å²) < 4.78 is 15.4. The Kier molecular flexibility index (Phi) is 7.29. The van der Waals surface area contributed by atoms with Crippen LogP contribution in [0.4, 0.5) is 0 Å². The van der Waals surface area contributed by atoms with Crippen molar-refractivity contribution in [2.75, 3.05) is 13.7 Å². The van der Waals surface area contributed by atoms with Crippen molar-refractivity contribution in [3.05, 3.63) is 59.1 Å². The quantitative estimate of drug-likeness (QED) is 0.716. The van der Waals surface area contributed by atoms with Crippen molar-refractivity contribution in [1.82, 2.24) is 5.32 Å². The fraction of sp³-hybridized carbons (Fsp3) is 0.263. The van der Waals surface area contributed by atoms with E-state index in [4.69, 9.17) is 25.8 Å². The maximum atomic E-state index is 12.0. The first-order valence-corrected chi connectivity index (χ1v) is 8.34. The Bertz CT molecular complexity index is 748. The summed E-state index contributed by atoms with van der Waals surface area (Å²) in [5, 5.41) is 3.21. The number of ether oxygens (including phenoxy) is 3. The van der Waals surface area contributed by atoms with Gasteiger partial charge in [-0.1, -0.05) is 29.8 Å². The fourth-order valence-electron chi connectivity index (χ4n) is 2.06. The Balaban J connectivity index is 1.73. The number of rotatable bonds is 8. The number of hydrogen-bond acceptors (Lipinski definition) is 5. The first-order valence-electron chi connectivity index (χ1n) is 7.96. The second kappa shape index (κ2) is 9.68. The first-order chi connectivity index (χ1) is 12.5. The molecule has 2 aromatic carbocycles. The van der Waals surface area contributed by atoms with Gasteiger partial charge < -0.3 is 19.5 Å². The van der Waals surface area contributed by atoms with Gasteiger partial charge in [0.05, 0.1) is 7.11 Å². The summed E-state index contributed by atoms with van der Waals surface area (Å²) in [6.45, 7) is 1.51. The van der Waals surface area contributed by atoms with Crippen molar-refractivity contribution in [1.29, 1.82) is 0 Å². The molecule has 7 heteroatoms. The van der Waals surface area contributed by atoms with Gasteiger partial charge in [-0.05, 0) is 42.8 Å². The van der Waals surface area contributed by atoms with Crippen molar-refractivity contribution < 1.29 is 23.8 Å². The summed E-state index contributed by atoms with van der Waals surface area (Å²) >= 11 is 5.83. The SMILES string of the molecule is COc1ccc(CNC(=O)C(C)OC(=O)COc2cccc(Cl)c2)cc1. The standard InChI is InChI=1S/C19H20ClNO5/c1-13(19(23)21-11-14-6-8-16(24-2)9-7-14)26-18(22)12-25-17-5-3-4-15(20)10-17/h3-10,13H,11-12H2,1-2H3,(H,21,23). The average molecular weight is 378 g/mol. The largest absolute Gasteiger partial charge is 0.497 e. The number of benzene rings is 2. The van der Waals surface area contributed by atoms with Crippen LogP contribution in [0.2, 0.25) is 5.02 Å². The molecule has 0 heterocycles. The van der Waals surface area contributed by atoms with Gasteiger partial charge in [0.2, 0.25) is 0 Å². The highest BCUT2D eigenvalue weighted by Crippen LogP contribution is 2.17. The van der Waals surface area contributed by atoms with Crippen molar-refractivity contribution in [3.8, 4) is 11.5 Å². The van der Waals surface area contributed by atoms with Gasteiger partial charge in [-0.25, -0.2) is 4.79 Å². The minimum absolute atomic E-state index is 0.309. The number of methoxy groups -OCH3 is 1. The van der Waals surface area contributed by atoms with Crippen LogP contribution in [0.1, 0.15) is 12.5 Å². The number of amides is 1. The molecular formula is C19H20ClNO5. The van der Waals surface area contributed by atoms with Gasteiger partial charge in [0.15, 0.2) is 12.7 Å². The minimum Gasteiger partial charge on any atom is -0.497 e. The third-order valence-electron chi connectivity index (χ3n) is 3.46. The van der Waals surface area contributed by atoms with Gasteiger partial charge >= 0.3 is 5.97 Å². The van der Waals surface area contributed by atoms with Crippen LogP contribution in [-0.2, 0) is 20.9 Å². The second-order valence-corrected chi connectivity index (χ2v) is 5.88. The Hall–Kier alpha value is -2.73. The zero-order valence-electron chi connectivity index (χ0n) is 14.5.